The van der Waals surface area contributed by atoms with Crippen LogP contribution in [0.15, 0.2) is 35.2 Å². The fourth-order valence-electron chi connectivity index (χ4n) is 2.53. The second kappa shape index (κ2) is 7.56. The highest BCUT2D eigenvalue weighted by molar-refractivity contribution is 7.89. The highest BCUT2D eigenvalue weighted by Crippen LogP contribution is 2.17. The zero-order valence-corrected chi connectivity index (χ0v) is 12.9. The van der Waals surface area contributed by atoms with Gasteiger partial charge in [0.25, 0.3) is 0 Å². The van der Waals surface area contributed by atoms with Crippen LogP contribution in [0, 0.1) is 0 Å². The van der Waals surface area contributed by atoms with Crippen molar-refractivity contribution >= 4 is 15.9 Å². The number of carbonyl (C=O) groups excluding carboxylic acids is 1. The zero-order valence-electron chi connectivity index (χ0n) is 12.0. The van der Waals surface area contributed by atoms with Gasteiger partial charge in [-0.05, 0) is 25.0 Å². The van der Waals surface area contributed by atoms with Crippen LogP contribution in [0.25, 0.3) is 0 Å². The molecule has 0 saturated heterocycles. The fraction of sp³-hybridized carbons (Fsp3) is 0.533. The van der Waals surface area contributed by atoms with Gasteiger partial charge in [-0.3, -0.25) is 4.79 Å². The first-order valence-electron chi connectivity index (χ1n) is 7.42. The molecule has 0 aliphatic heterocycles. The van der Waals surface area contributed by atoms with E-state index in [2.05, 4.69) is 10.0 Å². The maximum absolute atomic E-state index is 12.0. The molecule has 0 spiro atoms. The van der Waals surface area contributed by atoms with Crippen molar-refractivity contribution in [2.24, 2.45) is 0 Å². The number of hydrogen-bond acceptors (Lipinski definition) is 3. The van der Waals surface area contributed by atoms with Gasteiger partial charge in [-0.15, -0.1) is 0 Å². The summed E-state index contributed by atoms with van der Waals surface area (Å²) >= 11 is 0. The molecule has 1 aliphatic carbocycles. The lowest BCUT2D eigenvalue weighted by atomic mass is 9.95. The SMILES string of the molecule is O=C(CCNS(=O)(=O)c1ccccc1)NC1CCCCC1. The van der Waals surface area contributed by atoms with E-state index in [1.807, 2.05) is 0 Å². The number of nitrogens with one attached hydrogen (secondary N) is 2. The highest BCUT2D eigenvalue weighted by Gasteiger charge is 2.17. The van der Waals surface area contributed by atoms with Gasteiger partial charge in [-0.25, -0.2) is 13.1 Å². The minimum absolute atomic E-state index is 0.0855. The van der Waals surface area contributed by atoms with Crippen LogP contribution in [0.3, 0.4) is 0 Å². The topological polar surface area (TPSA) is 75.3 Å². The standard InChI is InChI=1S/C15H22N2O3S/c18-15(17-13-7-3-1-4-8-13)11-12-16-21(19,20)14-9-5-2-6-10-14/h2,5-6,9-10,13,16H,1,3-4,7-8,11-12H2,(H,17,18). The molecule has 0 aromatic heterocycles. The summed E-state index contributed by atoms with van der Waals surface area (Å²) in [5.41, 5.74) is 0. The Kier molecular flexibility index (Phi) is 5.76. The second-order valence-corrected chi connectivity index (χ2v) is 7.13. The fourth-order valence-corrected chi connectivity index (χ4v) is 3.58. The lowest BCUT2D eigenvalue weighted by molar-refractivity contribution is -0.121. The molecule has 5 nitrogen and oxygen atoms in total. The van der Waals surface area contributed by atoms with E-state index >= 15 is 0 Å². The number of benzene rings is 1. The molecule has 116 valence electrons. The predicted molar refractivity (Wildman–Crippen MR) is 81.3 cm³/mol. The molecule has 21 heavy (non-hydrogen) atoms. The highest BCUT2D eigenvalue weighted by atomic mass is 32.2. The van der Waals surface area contributed by atoms with E-state index in [0.717, 1.165) is 25.7 Å². The van der Waals surface area contributed by atoms with Crippen LogP contribution < -0.4 is 10.0 Å². The van der Waals surface area contributed by atoms with Crippen molar-refractivity contribution < 1.29 is 13.2 Å². The molecular weight excluding hydrogens is 288 g/mol. The van der Waals surface area contributed by atoms with Gasteiger partial charge in [0.15, 0.2) is 0 Å². The van der Waals surface area contributed by atoms with Gasteiger partial charge in [0.1, 0.15) is 0 Å². The molecule has 1 fully saturated rings. The zero-order chi connectivity index (χ0) is 15.1. The lowest BCUT2D eigenvalue weighted by Gasteiger charge is -2.22. The van der Waals surface area contributed by atoms with E-state index in [9.17, 15) is 13.2 Å². The Morgan fingerprint density at radius 2 is 1.76 bits per heavy atom. The van der Waals surface area contributed by atoms with Crippen LogP contribution >= 0.6 is 0 Å². The lowest BCUT2D eigenvalue weighted by Crippen LogP contribution is -2.38. The maximum atomic E-state index is 12.0. The Bertz CT molecular complexity index is 552. The molecule has 0 bridgehead atoms. The molecule has 1 aromatic carbocycles. The molecule has 1 amide bonds. The van der Waals surface area contributed by atoms with Crippen molar-refractivity contribution in [1.29, 1.82) is 0 Å². The van der Waals surface area contributed by atoms with E-state index in [4.69, 9.17) is 0 Å². The van der Waals surface area contributed by atoms with E-state index < -0.39 is 10.0 Å². The molecule has 0 radical (unpaired) electrons. The molecule has 0 heterocycles. The number of sulfonamides is 1. The summed E-state index contributed by atoms with van der Waals surface area (Å²) in [6, 6.07) is 8.43. The van der Waals surface area contributed by atoms with Crippen molar-refractivity contribution in [2.75, 3.05) is 6.54 Å². The quantitative estimate of drug-likeness (QED) is 0.841. The average Bonchev–Trinajstić information content (AvgIpc) is 2.49. The first-order valence-corrected chi connectivity index (χ1v) is 8.90. The third kappa shape index (κ3) is 5.13. The molecule has 0 atom stereocenters. The van der Waals surface area contributed by atoms with Crippen LogP contribution in [-0.4, -0.2) is 26.9 Å². The Morgan fingerprint density at radius 3 is 2.43 bits per heavy atom. The number of amides is 1. The van der Waals surface area contributed by atoms with Crippen LogP contribution in [-0.2, 0) is 14.8 Å². The Morgan fingerprint density at radius 1 is 1.10 bits per heavy atom. The van der Waals surface area contributed by atoms with Gasteiger partial charge in [0, 0.05) is 19.0 Å². The van der Waals surface area contributed by atoms with Crippen molar-refractivity contribution in [1.82, 2.24) is 10.0 Å². The third-order valence-corrected chi connectivity index (χ3v) is 5.14. The summed E-state index contributed by atoms with van der Waals surface area (Å²) in [5, 5.41) is 2.97. The van der Waals surface area contributed by atoms with Crippen LogP contribution in [0.4, 0.5) is 0 Å². The molecule has 1 saturated carbocycles. The van der Waals surface area contributed by atoms with E-state index in [0.29, 0.717) is 0 Å². The van der Waals surface area contributed by atoms with Gasteiger partial charge in [0.2, 0.25) is 15.9 Å². The summed E-state index contributed by atoms with van der Waals surface area (Å²) in [4.78, 5) is 12.0. The van der Waals surface area contributed by atoms with Gasteiger partial charge < -0.3 is 5.32 Å². The molecule has 0 unspecified atom stereocenters. The average molecular weight is 310 g/mol. The summed E-state index contributed by atoms with van der Waals surface area (Å²) < 4.78 is 26.4. The van der Waals surface area contributed by atoms with E-state index in [-0.39, 0.29) is 29.8 Å². The third-order valence-electron chi connectivity index (χ3n) is 3.67. The minimum atomic E-state index is -3.52. The Labute approximate surface area is 126 Å². The van der Waals surface area contributed by atoms with E-state index in [1.165, 1.54) is 18.6 Å². The van der Waals surface area contributed by atoms with Crippen molar-refractivity contribution in [3.8, 4) is 0 Å². The van der Waals surface area contributed by atoms with Crippen molar-refractivity contribution in [3.63, 3.8) is 0 Å². The molecule has 1 aliphatic rings. The Balaban J connectivity index is 1.74. The molecule has 1 aromatic rings. The summed E-state index contributed by atoms with van der Waals surface area (Å²) in [6.07, 6.45) is 5.78. The van der Waals surface area contributed by atoms with Gasteiger partial charge >= 0.3 is 0 Å². The predicted octanol–water partition coefficient (Wildman–Crippen LogP) is 1.80. The summed E-state index contributed by atoms with van der Waals surface area (Å²) in [6.45, 7) is 0.121. The van der Waals surface area contributed by atoms with Crippen LogP contribution in [0.1, 0.15) is 38.5 Å². The first kappa shape index (κ1) is 16.0. The number of carbonyl (C=O) groups is 1. The second-order valence-electron chi connectivity index (χ2n) is 5.36. The van der Waals surface area contributed by atoms with E-state index in [1.54, 1.807) is 18.2 Å². The largest absolute Gasteiger partial charge is 0.353 e. The molecule has 6 heteroatoms. The Hall–Kier alpha value is -1.40. The van der Waals surface area contributed by atoms with Crippen molar-refractivity contribution in [3.05, 3.63) is 30.3 Å². The smallest absolute Gasteiger partial charge is 0.240 e. The van der Waals surface area contributed by atoms with Gasteiger partial charge in [-0.1, -0.05) is 37.5 Å². The van der Waals surface area contributed by atoms with Gasteiger partial charge in [-0.2, -0.15) is 0 Å². The van der Waals surface area contributed by atoms with Crippen LogP contribution in [0.2, 0.25) is 0 Å². The summed E-state index contributed by atoms with van der Waals surface area (Å²) in [5.74, 6) is -0.0855. The maximum Gasteiger partial charge on any atom is 0.240 e. The molecular formula is C15H22N2O3S. The first-order chi connectivity index (χ1) is 10.1. The van der Waals surface area contributed by atoms with Crippen molar-refractivity contribution in [2.45, 2.75) is 49.5 Å². The van der Waals surface area contributed by atoms with Crippen LogP contribution in [0.5, 0.6) is 0 Å². The molecule has 2 N–H and O–H groups in total. The minimum Gasteiger partial charge on any atom is -0.353 e. The normalized spacial score (nSPS) is 16.6. The van der Waals surface area contributed by atoms with Gasteiger partial charge in [0.05, 0.1) is 4.90 Å². The monoisotopic (exact) mass is 310 g/mol. The summed E-state index contributed by atoms with van der Waals surface area (Å²) in [7, 11) is -3.52. The molecule has 2 rings (SSSR count). The number of hydrogen-bond donors (Lipinski definition) is 2. The number of rotatable bonds is 6.